The molecule has 1 saturated carbocycles. The molecule has 2 heterocycles. The maximum Gasteiger partial charge on any atom is 0.231 e. The van der Waals surface area contributed by atoms with Crippen molar-refractivity contribution in [1.29, 1.82) is 0 Å². The van der Waals surface area contributed by atoms with Gasteiger partial charge < -0.3 is 29.3 Å². The number of rotatable bonds is 20. The maximum atomic E-state index is 9.96. The van der Waals surface area contributed by atoms with E-state index < -0.39 is 5.79 Å². The second kappa shape index (κ2) is 18.6. The highest BCUT2D eigenvalue weighted by atomic mass is 32.2. The number of oxime groups is 1. The average Bonchev–Trinajstić information content (AvgIpc) is 4.07. The van der Waals surface area contributed by atoms with Crippen LogP contribution >= 0.6 is 11.8 Å². The van der Waals surface area contributed by atoms with Crippen molar-refractivity contribution in [3.63, 3.8) is 0 Å². The van der Waals surface area contributed by atoms with Gasteiger partial charge in [0, 0.05) is 55.6 Å². The number of ether oxygens (including phenoxy) is 3. The van der Waals surface area contributed by atoms with Crippen molar-refractivity contribution in [2.24, 2.45) is 22.9 Å². The third-order valence-electron chi connectivity index (χ3n) is 12.1. The Morgan fingerprint density at radius 3 is 2.47 bits per heavy atom. The van der Waals surface area contributed by atoms with Gasteiger partial charge >= 0.3 is 0 Å². The van der Waals surface area contributed by atoms with E-state index in [1.165, 1.54) is 10.8 Å². The number of nitrogens with zero attached hydrogens (tertiary/aromatic N) is 2. The van der Waals surface area contributed by atoms with Gasteiger partial charge in [-0.3, -0.25) is 4.90 Å². The molecule has 0 aromatic heterocycles. The van der Waals surface area contributed by atoms with E-state index in [4.69, 9.17) is 24.2 Å². The number of fused-ring (bicyclic) bond motifs is 3. The lowest BCUT2D eigenvalue weighted by molar-refractivity contribution is -0.223. The molecule has 0 radical (unpaired) electrons. The highest BCUT2D eigenvalue weighted by Gasteiger charge is 2.64. The average molecular weight is 789 g/mol. The lowest BCUT2D eigenvalue weighted by atomic mass is 9.56. The molecule has 2 aliphatic carbocycles. The van der Waals surface area contributed by atoms with E-state index in [9.17, 15) is 10.2 Å². The lowest BCUT2D eigenvalue weighted by Crippen LogP contribution is -2.64. The topological polar surface area (TPSA) is 92.8 Å². The quantitative estimate of drug-likeness (QED) is 0.0397. The molecule has 300 valence electrons. The molecule has 6 atom stereocenters. The van der Waals surface area contributed by atoms with Crippen LogP contribution in [0.2, 0.25) is 0 Å². The molecule has 4 aromatic carbocycles. The molecular formula is C48H56N2O6S. The number of hydrogen-bond donors (Lipinski definition) is 2. The molecule has 8 rings (SSSR count). The first-order valence-electron chi connectivity index (χ1n) is 20.8. The van der Waals surface area contributed by atoms with Crippen LogP contribution in [0.5, 0.6) is 11.5 Å². The van der Waals surface area contributed by atoms with Gasteiger partial charge in [-0.2, -0.15) is 0 Å². The summed E-state index contributed by atoms with van der Waals surface area (Å²) in [7, 11) is 0. The van der Waals surface area contributed by atoms with Gasteiger partial charge in [0.1, 0.15) is 24.7 Å². The number of aliphatic hydroxyl groups excluding tert-OH is 2. The van der Waals surface area contributed by atoms with Gasteiger partial charge in [0.15, 0.2) is 0 Å². The monoisotopic (exact) mass is 788 g/mol. The Labute approximate surface area is 341 Å². The van der Waals surface area contributed by atoms with E-state index in [-0.39, 0.29) is 42.1 Å². The third-order valence-corrected chi connectivity index (χ3v) is 13.4. The highest BCUT2D eigenvalue weighted by Crippen LogP contribution is 2.63. The van der Waals surface area contributed by atoms with Crippen molar-refractivity contribution < 1.29 is 29.3 Å². The van der Waals surface area contributed by atoms with Crippen LogP contribution in [0.4, 0.5) is 0 Å². The van der Waals surface area contributed by atoms with Crippen LogP contribution in [0.3, 0.4) is 0 Å². The Morgan fingerprint density at radius 1 is 0.895 bits per heavy atom. The molecule has 8 nitrogen and oxygen atoms in total. The van der Waals surface area contributed by atoms with Crippen LogP contribution in [-0.2, 0) is 16.2 Å². The number of benzene rings is 4. The molecule has 0 spiro atoms. The van der Waals surface area contributed by atoms with Crippen LogP contribution in [0.25, 0.3) is 10.8 Å². The van der Waals surface area contributed by atoms with E-state index in [0.717, 1.165) is 97.0 Å². The zero-order valence-corrected chi connectivity index (χ0v) is 33.7. The van der Waals surface area contributed by atoms with Crippen LogP contribution in [-0.4, -0.2) is 77.9 Å². The molecule has 0 bridgehead atoms. The summed E-state index contributed by atoms with van der Waals surface area (Å²) in [6, 6.07) is 31.7. The SMILES string of the molecule is C=CCO[C@@]12Oc3ccc(OCCN4CC4)cc3[C@H]3[C@H](CCCCO)[C@@H](CCCCO)C=C(C(=NOCc4ccccc4)C[C@@H]1Sc1ccc4ccccc4c1)[C@H]32. The lowest BCUT2D eigenvalue weighted by Gasteiger charge is -2.58. The Morgan fingerprint density at radius 2 is 1.68 bits per heavy atom. The minimum Gasteiger partial charge on any atom is -0.492 e. The summed E-state index contributed by atoms with van der Waals surface area (Å²) in [5.74, 6) is 0.847. The number of allylic oxidation sites excluding steroid dienone is 1. The van der Waals surface area contributed by atoms with Crippen LogP contribution in [0.15, 0.2) is 125 Å². The first-order chi connectivity index (χ1) is 28.1. The van der Waals surface area contributed by atoms with Gasteiger partial charge in [0.05, 0.1) is 23.5 Å². The third kappa shape index (κ3) is 8.98. The summed E-state index contributed by atoms with van der Waals surface area (Å²) >= 11 is 1.79. The van der Waals surface area contributed by atoms with Crippen molar-refractivity contribution in [2.75, 3.05) is 46.1 Å². The van der Waals surface area contributed by atoms with E-state index >= 15 is 0 Å². The first kappa shape index (κ1) is 39.7. The van der Waals surface area contributed by atoms with Crippen molar-refractivity contribution in [2.45, 2.75) is 73.4 Å². The second-order valence-corrected chi connectivity index (χ2v) is 17.1. The first-order valence-corrected chi connectivity index (χ1v) is 21.7. The smallest absolute Gasteiger partial charge is 0.231 e. The van der Waals surface area contributed by atoms with Gasteiger partial charge in [0.2, 0.25) is 5.79 Å². The zero-order valence-electron chi connectivity index (χ0n) is 32.8. The fourth-order valence-corrected chi connectivity index (χ4v) is 10.6. The largest absolute Gasteiger partial charge is 0.492 e. The van der Waals surface area contributed by atoms with Crippen LogP contribution in [0.1, 0.15) is 62.0 Å². The van der Waals surface area contributed by atoms with Crippen molar-refractivity contribution in [3.8, 4) is 11.5 Å². The minimum atomic E-state index is -1.06. The van der Waals surface area contributed by atoms with Crippen molar-refractivity contribution in [3.05, 3.63) is 126 Å². The molecule has 1 saturated heterocycles. The van der Waals surface area contributed by atoms with E-state index in [0.29, 0.717) is 26.2 Å². The summed E-state index contributed by atoms with van der Waals surface area (Å²) in [4.78, 5) is 9.76. The Hall–Kier alpha value is -4.12. The predicted octanol–water partition coefficient (Wildman–Crippen LogP) is 9.16. The summed E-state index contributed by atoms with van der Waals surface area (Å²) in [6.45, 7) is 8.94. The van der Waals surface area contributed by atoms with Crippen molar-refractivity contribution in [1.82, 2.24) is 4.90 Å². The molecule has 0 amide bonds. The summed E-state index contributed by atoms with van der Waals surface area (Å²) in [6.07, 6.45) is 10.0. The molecule has 0 unspecified atom stereocenters. The summed E-state index contributed by atoms with van der Waals surface area (Å²) in [5.41, 5.74) is 4.25. The number of thioether (sulfide) groups is 1. The van der Waals surface area contributed by atoms with E-state index in [1.54, 1.807) is 11.8 Å². The fraction of sp³-hybridized carbons (Fsp3) is 0.438. The standard InChI is InChI=1S/C48H56N2O6S/c1-2-27-54-48-45(57-39-20-18-35-14-6-7-15-36(35)29-39)32-43(49-55-33-34-12-4-3-5-13-34)41-30-37(16-8-10-25-51)40(17-9-11-26-52)46(47(41)48)42-31-38(19-21-44(42)56-48)53-28-24-50-22-23-50/h2-7,12-15,18-21,29-31,37,40,45-47,51-52H,1,8-11,16-17,22-28,32-33H2/t37-,40+,45-,46+,47+,48+/m0/s1. The summed E-state index contributed by atoms with van der Waals surface area (Å²) < 4.78 is 21.0. The Bertz CT molecular complexity index is 2030. The number of unbranched alkanes of at least 4 members (excludes halogenated alkanes) is 2. The van der Waals surface area contributed by atoms with Gasteiger partial charge in [-0.1, -0.05) is 90.8 Å². The molecule has 2 fully saturated rings. The van der Waals surface area contributed by atoms with Gasteiger partial charge in [0.25, 0.3) is 0 Å². The van der Waals surface area contributed by atoms with Gasteiger partial charge in [-0.05, 0) is 89.8 Å². The fourth-order valence-electron chi connectivity index (χ4n) is 9.27. The molecule has 4 aromatic rings. The molecule has 9 heteroatoms. The number of aliphatic hydroxyl groups is 2. The maximum absolute atomic E-state index is 9.96. The Balaban J connectivity index is 1.27. The van der Waals surface area contributed by atoms with Crippen LogP contribution in [0, 0.1) is 17.8 Å². The molecule has 4 aliphatic rings. The van der Waals surface area contributed by atoms with Gasteiger partial charge in [-0.25, -0.2) is 0 Å². The highest BCUT2D eigenvalue weighted by molar-refractivity contribution is 8.00. The Kier molecular flexibility index (Phi) is 13.0. The molecule has 57 heavy (non-hydrogen) atoms. The second-order valence-electron chi connectivity index (χ2n) is 15.8. The number of hydrogen-bond acceptors (Lipinski definition) is 9. The van der Waals surface area contributed by atoms with E-state index in [1.807, 2.05) is 30.3 Å². The van der Waals surface area contributed by atoms with E-state index in [2.05, 4.69) is 84.3 Å². The zero-order chi connectivity index (χ0) is 39.0. The van der Waals surface area contributed by atoms with Crippen LogP contribution < -0.4 is 9.47 Å². The molecular weight excluding hydrogens is 733 g/mol. The van der Waals surface area contributed by atoms with Crippen molar-refractivity contribution >= 4 is 28.2 Å². The minimum absolute atomic E-state index is 0.00597. The molecule has 2 N–H and O–H groups in total. The normalized spacial score (nSPS) is 25.6. The summed E-state index contributed by atoms with van der Waals surface area (Å²) in [5, 5.41) is 27.0. The van der Waals surface area contributed by atoms with Gasteiger partial charge in [-0.15, -0.1) is 18.3 Å². The predicted molar refractivity (Wildman–Crippen MR) is 228 cm³/mol. The molecule has 2 aliphatic heterocycles.